The molecule has 4 heteroatoms. The fraction of sp³-hybridized carbons (Fsp3) is 0.545. The number of aromatic nitrogens is 1. The Hall–Kier alpha value is -1.29. The Bertz CT molecular complexity index is 328. The van der Waals surface area contributed by atoms with Crippen LogP contribution >= 0.6 is 0 Å². The van der Waals surface area contributed by atoms with E-state index in [9.17, 15) is 4.79 Å². The third-order valence-corrected chi connectivity index (χ3v) is 3.17. The van der Waals surface area contributed by atoms with Gasteiger partial charge in [-0.3, -0.25) is 9.69 Å². The number of hydrogen-bond donors (Lipinski definition) is 2. The van der Waals surface area contributed by atoms with Crippen LogP contribution in [0.4, 0.5) is 0 Å². The molecule has 1 aliphatic carbocycles. The quantitative estimate of drug-likeness (QED) is 0.784. The number of nitrogens with one attached hydrogen (secondary N) is 1. The van der Waals surface area contributed by atoms with Crippen molar-refractivity contribution in [3.8, 4) is 0 Å². The van der Waals surface area contributed by atoms with Crippen LogP contribution in [0.5, 0.6) is 0 Å². The van der Waals surface area contributed by atoms with Gasteiger partial charge in [0.25, 0.3) is 0 Å². The maximum absolute atomic E-state index is 10.6. The van der Waals surface area contributed by atoms with Gasteiger partial charge in [0.15, 0.2) is 0 Å². The summed E-state index contributed by atoms with van der Waals surface area (Å²) in [6.45, 7) is 0.865. The largest absolute Gasteiger partial charge is 0.481 e. The van der Waals surface area contributed by atoms with Crippen LogP contribution < -0.4 is 0 Å². The molecule has 0 unspecified atom stereocenters. The van der Waals surface area contributed by atoms with E-state index < -0.39 is 5.97 Å². The minimum atomic E-state index is -0.653. The van der Waals surface area contributed by atoms with Gasteiger partial charge in [-0.15, -0.1) is 0 Å². The minimum Gasteiger partial charge on any atom is -0.481 e. The van der Waals surface area contributed by atoms with E-state index in [4.69, 9.17) is 5.11 Å². The third kappa shape index (κ3) is 2.21. The number of aromatic amines is 1. The molecule has 1 fully saturated rings. The van der Waals surface area contributed by atoms with Crippen LogP contribution in [0.25, 0.3) is 0 Å². The SMILES string of the molecule is CN(Cc1ccc[nH]1)C1CC(C(=O)O)C1. The first kappa shape index (κ1) is 10.2. The van der Waals surface area contributed by atoms with Crippen LogP contribution in [-0.4, -0.2) is 34.0 Å². The first-order valence-corrected chi connectivity index (χ1v) is 5.22. The summed E-state index contributed by atoms with van der Waals surface area (Å²) < 4.78 is 0. The highest BCUT2D eigenvalue weighted by molar-refractivity contribution is 5.71. The molecule has 1 aromatic rings. The molecule has 2 N–H and O–H groups in total. The zero-order chi connectivity index (χ0) is 10.8. The van der Waals surface area contributed by atoms with Crippen molar-refractivity contribution in [2.45, 2.75) is 25.4 Å². The topological polar surface area (TPSA) is 56.3 Å². The first-order chi connectivity index (χ1) is 7.16. The van der Waals surface area contributed by atoms with Gasteiger partial charge in [-0.05, 0) is 32.0 Å². The number of hydrogen-bond acceptors (Lipinski definition) is 2. The molecule has 1 aliphatic rings. The smallest absolute Gasteiger partial charge is 0.306 e. The van der Waals surface area contributed by atoms with Gasteiger partial charge in [0.2, 0.25) is 0 Å². The lowest BCUT2D eigenvalue weighted by molar-refractivity contribution is -0.146. The van der Waals surface area contributed by atoms with Crippen molar-refractivity contribution in [2.75, 3.05) is 7.05 Å². The number of aliphatic carboxylic acids is 1. The normalized spacial score (nSPS) is 25.2. The average molecular weight is 208 g/mol. The predicted molar refractivity (Wildman–Crippen MR) is 56.4 cm³/mol. The molecule has 0 aliphatic heterocycles. The van der Waals surface area contributed by atoms with Gasteiger partial charge < -0.3 is 10.1 Å². The second-order valence-electron chi connectivity index (χ2n) is 4.27. The highest BCUT2D eigenvalue weighted by atomic mass is 16.4. The highest BCUT2D eigenvalue weighted by Gasteiger charge is 2.36. The lowest BCUT2D eigenvalue weighted by Gasteiger charge is -2.38. The Morgan fingerprint density at radius 1 is 1.67 bits per heavy atom. The number of carbonyl (C=O) groups is 1. The summed E-state index contributed by atoms with van der Waals surface area (Å²) in [4.78, 5) is 16.0. The van der Waals surface area contributed by atoms with Gasteiger partial charge in [-0.25, -0.2) is 0 Å². The van der Waals surface area contributed by atoms with Crippen LogP contribution in [-0.2, 0) is 11.3 Å². The summed E-state index contributed by atoms with van der Waals surface area (Å²) in [5.41, 5.74) is 1.18. The number of carboxylic acid groups (broad SMARTS) is 1. The van der Waals surface area contributed by atoms with E-state index in [1.165, 1.54) is 5.69 Å². The summed E-state index contributed by atoms with van der Waals surface area (Å²) in [6, 6.07) is 4.45. The molecule has 0 saturated heterocycles. The molecule has 0 radical (unpaired) electrons. The molecule has 2 rings (SSSR count). The Labute approximate surface area is 88.9 Å². The molecular weight excluding hydrogens is 192 g/mol. The van der Waals surface area contributed by atoms with Crippen molar-refractivity contribution in [2.24, 2.45) is 5.92 Å². The van der Waals surface area contributed by atoms with Crippen molar-refractivity contribution < 1.29 is 9.90 Å². The summed E-state index contributed by atoms with van der Waals surface area (Å²) in [5.74, 6) is -0.777. The lowest BCUT2D eigenvalue weighted by Crippen LogP contribution is -2.44. The Morgan fingerprint density at radius 3 is 2.93 bits per heavy atom. The molecule has 0 atom stereocenters. The molecule has 1 heterocycles. The Kier molecular flexibility index (Phi) is 2.77. The van der Waals surface area contributed by atoms with Gasteiger partial charge in [0.1, 0.15) is 0 Å². The van der Waals surface area contributed by atoms with Crippen LogP contribution in [0.15, 0.2) is 18.3 Å². The van der Waals surface area contributed by atoms with Crippen molar-refractivity contribution in [1.29, 1.82) is 0 Å². The third-order valence-electron chi connectivity index (χ3n) is 3.17. The Balaban J connectivity index is 1.79. The van der Waals surface area contributed by atoms with Crippen LogP contribution in [0.3, 0.4) is 0 Å². The van der Waals surface area contributed by atoms with Gasteiger partial charge in [-0.1, -0.05) is 0 Å². The summed E-state index contributed by atoms with van der Waals surface area (Å²) in [5, 5.41) is 8.76. The molecule has 82 valence electrons. The molecular formula is C11H16N2O2. The molecule has 0 aromatic carbocycles. The van der Waals surface area contributed by atoms with E-state index in [-0.39, 0.29) is 5.92 Å². The van der Waals surface area contributed by atoms with Gasteiger partial charge in [0, 0.05) is 24.5 Å². The van der Waals surface area contributed by atoms with Crippen LogP contribution in [0.1, 0.15) is 18.5 Å². The highest BCUT2D eigenvalue weighted by Crippen LogP contribution is 2.31. The average Bonchev–Trinajstić information content (AvgIpc) is 2.52. The van der Waals surface area contributed by atoms with E-state index in [0.29, 0.717) is 6.04 Å². The zero-order valence-electron chi connectivity index (χ0n) is 8.81. The van der Waals surface area contributed by atoms with Crippen molar-refractivity contribution in [1.82, 2.24) is 9.88 Å². The maximum atomic E-state index is 10.6. The number of rotatable bonds is 4. The summed E-state index contributed by atoms with van der Waals surface area (Å²) >= 11 is 0. The van der Waals surface area contributed by atoms with E-state index >= 15 is 0 Å². The second-order valence-corrected chi connectivity index (χ2v) is 4.27. The molecule has 4 nitrogen and oxygen atoms in total. The van der Waals surface area contributed by atoms with Crippen molar-refractivity contribution in [3.63, 3.8) is 0 Å². The Morgan fingerprint density at radius 2 is 2.40 bits per heavy atom. The molecule has 0 spiro atoms. The minimum absolute atomic E-state index is 0.124. The predicted octanol–water partition coefficient (Wildman–Crippen LogP) is 1.31. The number of H-pyrrole nitrogens is 1. The molecule has 1 aromatic heterocycles. The molecule has 1 saturated carbocycles. The standard InChI is InChI=1S/C11H16N2O2/c1-13(7-9-3-2-4-12-9)10-5-8(6-10)11(14)15/h2-4,8,10,12H,5-7H2,1H3,(H,14,15). The lowest BCUT2D eigenvalue weighted by atomic mass is 9.79. The van der Waals surface area contributed by atoms with E-state index in [1.54, 1.807) is 0 Å². The summed E-state index contributed by atoms with van der Waals surface area (Å²) in [7, 11) is 2.05. The molecule has 0 amide bonds. The number of carboxylic acids is 1. The fourth-order valence-electron chi connectivity index (χ4n) is 2.01. The van der Waals surface area contributed by atoms with Crippen LogP contribution in [0, 0.1) is 5.92 Å². The van der Waals surface area contributed by atoms with Gasteiger partial charge in [-0.2, -0.15) is 0 Å². The van der Waals surface area contributed by atoms with E-state index in [1.807, 2.05) is 25.4 Å². The molecule has 15 heavy (non-hydrogen) atoms. The van der Waals surface area contributed by atoms with E-state index in [2.05, 4.69) is 9.88 Å². The van der Waals surface area contributed by atoms with Gasteiger partial charge in [0.05, 0.1) is 5.92 Å². The van der Waals surface area contributed by atoms with Crippen LogP contribution in [0.2, 0.25) is 0 Å². The summed E-state index contributed by atoms with van der Waals surface area (Å²) in [6.07, 6.45) is 3.48. The number of nitrogens with zero attached hydrogens (tertiary/aromatic N) is 1. The van der Waals surface area contributed by atoms with E-state index in [0.717, 1.165) is 19.4 Å². The molecule has 0 bridgehead atoms. The van der Waals surface area contributed by atoms with Crippen molar-refractivity contribution in [3.05, 3.63) is 24.0 Å². The first-order valence-electron chi connectivity index (χ1n) is 5.22. The van der Waals surface area contributed by atoms with Gasteiger partial charge >= 0.3 is 5.97 Å². The second kappa shape index (κ2) is 4.06. The maximum Gasteiger partial charge on any atom is 0.306 e. The zero-order valence-corrected chi connectivity index (χ0v) is 8.81. The van der Waals surface area contributed by atoms with Crippen molar-refractivity contribution >= 4 is 5.97 Å². The monoisotopic (exact) mass is 208 g/mol. The fourth-order valence-corrected chi connectivity index (χ4v) is 2.01.